The molecule has 5 nitrogen and oxygen atoms in total. The highest BCUT2D eigenvalue weighted by atomic mass is 35.5. The zero-order chi connectivity index (χ0) is 15.8. The number of halogens is 1. The first-order chi connectivity index (χ1) is 10.1. The van der Waals surface area contributed by atoms with Crippen LogP contribution in [0.5, 0.6) is 11.5 Å². The first-order valence-electron chi connectivity index (χ1n) is 6.41. The Morgan fingerprint density at radius 3 is 2.76 bits per heavy atom. The summed E-state index contributed by atoms with van der Waals surface area (Å²) in [5, 5.41) is 11.8. The van der Waals surface area contributed by atoms with Gasteiger partial charge in [0.05, 0.1) is 18.7 Å². The molecule has 0 atom stereocenters. The summed E-state index contributed by atoms with van der Waals surface area (Å²) < 4.78 is 10.8. The van der Waals surface area contributed by atoms with Gasteiger partial charge >= 0.3 is 0 Å². The molecule has 1 amide bonds. The van der Waals surface area contributed by atoms with Gasteiger partial charge in [0, 0.05) is 7.05 Å². The largest absolute Gasteiger partial charge is 0.493 e. The van der Waals surface area contributed by atoms with Crippen molar-refractivity contribution >= 4 is 23.6 Å². The standard InChI is InChI=1S/C15H17ClN2O3/c1-4-5-21-14-12(16)7-10(8-13(14)20-3)6-11(9-17)15(19)18-2/h6-8H,4-5H2,1-3H3,(H,18,19). The molecule has 0 aliphatic rings. The lowest BCUT2D eigenvalue weighted by molar-refractivity contribution is -0.116. The molecule has 0 bridgehead atoms. The van der Waals surface area contributed by atoms with Gasteiger partial charge < -0.3 is 14.8 Å². The minimum Gasteiger partial charge on any atom is -0.493 e. The molecular formula is C15H17ClN2O3. The van der Waals surface area contributed by atoms with Crippen molar-refractivity contribution in [3.05, 3.63) is 28.3 Å². The van der Waals surface area contributed by atoms with Crippen molar-refractivity contribution in [1.29, 1.82) is 5.26 Å². The maximum Gasteiger partial charge on any atom is 0.261 e. The Morgan fingerprint density at radius 2 is 2.24 bits per heavy atom. The first kappa shape index (κ1) is 16.9. The van der Waals surface area contributed by atoms with Gasteiger partial charge in [0.2, 0.25) is 0 Å². The number of carbonyl (C=O) groups excluding carboxylic acids is 1. The molecule has 0 aromatic heterocycles. The monoisotopic (exact) mass is 308 g/mol. The number of rotatable bonds is 6. The van der Waals surface area contributed by atoms with E-state index in [1.54, 1.807) is 12.1 Å². The van der Waals surface area contributed by atoms with Crippen LogP contribution in [0.1, 0.15) is 18.9 Å². The van der Waals surface area contributed by atoms with Crippen LogP contribution in [0.15, 0.2) is 17.7 Å². The molecule has 0 fully saturated rings. The summed E-state index contributed by atoms with van der Waals surface area (Å²) in [4.78, 5) is 11.5. The van der Waals surface area contributed by atoms with Crippen molar-refractivity contribution in [2.45, 2.75) is 13.3 Å². The number of nitrogens with one attached hydrogen (secondary N) is 1. The van der Waals surface area contributed by atoms with E-state index in [0.717, 1.165) is 6.42 Å². The van der Waals surface area contributed by atoms with E-state index in [-0.39, 0.29) is 5.57 Å². The van der Waals surface area contributed by atoms with Crippen LogP contribution in [0, 0.1) is 11.3 Å². The van der Waals surface area contributed by atoms with E-state index in [9.17, 15) is 4.79 Å². The Kier molecular flexibility index (Phi) is 6.57. The van der Waals surface area contributed by atoms with Crippen LogP contribution in [-0.4, -0.2) is 26.7 Å². The van der Waals surface area contributed by atoms with Crippen molar-refractivity contribution < 1.29 is 14.3 Å². The molecule has 1 aromatic rings. The Balaban J connectivity index is 3.22. The van der Waals surface area contributed by atoms with E-state index in [1.807, 2.05) is 13.0 Å². The van der Waals surface area contributed by atoms with Gasteiger partial charge in [-0.2, -0.15) is 5.26 Å². The van der Waals surface area contributed by atoms with E-state index in [4.69, 9.17) is 26.3 Å². The fourth-order valence-electron chi connectivity index (χ4n) is 1.62. The second-order valence-corrected chi connectivity index (χ2v) is 4.54. The van der Waals surface area contributed by atoms with E-state index in [1.165, 1.54) is 20.2 Å². The highest BCUT2D eigenvalue weighted by Crippen LogP contribution is 2.37. The highest BCUT2D eigenvalue weighted by molar-refractivity contribution is 6.32. The Bertz CT molecular complexity index is 591. The van der Waals surface area contributed by atoms with Crippen LogP contribution < -0.4 is 14.8 Å². The molecule has 0 aliphatic heterocycles. The summed E-state index contributed by atoms with van der Waals surface area (Å²) in [6.07, 6.45) is 2.28. The third-order valence-electron chi connectivity index (χ3n) is 2.61. The quantitative estimate of drug-likeness (QED) is 0.648. The van der Waals surface area contributed by atoms with Crippen molar-refractivity contribution in [1.82, 2.24) is 5.32 Å². The molecule has 112 valence electrons. The van der Waals surface area contributed by atoms with Gasteiger partial charge in [0.15, 0.2) is 11.5 Å². The molecule has 0 heterocycles. The topological polar surface area (TPSA) is 71.3 Å². The summed E-state index contributed by atoms with van der Waals surface area (Å²) in [6.45, 7) is 2.51. The van der Waals surface area contributed by atoms with E-state index in [0.29, 0.717) is 28.7 Å². The van der Waals surface area contributed by atoms with Gasteiger partial charge in [-0.1, -0.05) is 18.5 Å². The van der Waals surface area contributed by atoms with Crippen LogP contribution in [0.4, 0.5) is 0 Å². The fraction of sp³-hybridized carbons (Fsp3) is 0.333. The number of likely N-dealkylation sites (N-methyl/N-ethyl adjacent to an activating group) is 1. The SMILES string of the molecule is CCCOc1c(Cl)cc(C=C(C#N)C(=O)NC)cc1OC. The molecule has 0 aliphatic carbocycles. The van der Waals surface area contributed by atoms with Crippen LogP contribution in [0.25, 0.3) is 6.08 Å². The van der Waals surface area contributed by atoms with E-state index < -0.39 is 5.91 Å². The van der Waals surface area contributed by atoms with Gasteiger partial charge in [-0.05, 0) is 30.2 Å². The lowest BCUT2D eigenvalue weighted by atomic mass is 10.1. The number of hydrogen-bond donors (Lipinski definition) is 1. The number of methoxy groups -OCH3 is 1. The van der Waals surface area contributed by atoms with Crippen molar-refractivity contribution in [2.24, 2.45) is 0 Å². The normalized spacial score (nSPS) is 10.7. The minimum atomic E-state index is -0.459. The Hall–Kier alpha value is -2.19. The van der Waals surface area contributed by atoms with Gasteiger partial charge in [-0.3, -0.25) is 4.79 Å². The van der Waals surface area contributed by atoms with Crippen molar-refractivity contribution in [3.63, 3.8) is 0 Å². The molecule has 1 aromatic carbocycles. The lowest BCUT2D eigenvalue weighted by Gasteiger charge is -2.12. The number of benzene rings is 1. The van der Waals surface area contributed by atoms with Gasteiger partial charge in [0.25, 0.3) is 5.91 Å². The number of hydrogen-bond acceptors (Lipinski definition) is 4. The summed E-state index contributed by atoms with van der Waals surface area (Å²) in [7, 11) is 2.96. The lowest BCUT2D eigenvalue weighted by Crippen LogP contribution is -2.19. The second kappa shape index (κ2) is 8.18. The van der Waals surface area contributed by atoms with Crippen LogP contribution >= 0.6 is 11.6 Å². The number of nitriles is 1. The van der Waals surface area contributed by atoms with Gasteiger partial charge in [0.1, 0.15) is 11.6 Å². The molecular weight excluding hydrogens is 292 g/mol. The predicted molar refractivity (Wildman–Crippen MR) is 81.4 cm³/mol. The van der Waals surface area contributed by atoms with E-state index in [2.05, 4.69) is 5.32 Å². The second-order valence-electron chi connectivity index (χ2n) is 4.13. The average Bonchev–Trinajstić information content (AvgIpc) is 2.50. The third kappa shape index (κ3) is 4.40. The van der Waals surface area contributed by atoms with Crippen LogP contribution in [-0.2, 0) is 4.79 Å². The molecule has 0 spiro atoms. The Labute approximate surface area is 129 Å². The number of carbonyl (C=O) groups is 1. The zero-order valence-electron chi connectivity index (χ0n) is 12.2. The molecule has 1 rings (SSSR count). The number of ether oxygens (including phenoxy) is 2. The zero-order valence-corrected chi connectivity index (χ0v) is 13.0. The summed E-state index contributed by atoms with van der Waals surface area (Å²) >= 11 is 6.17. The van der Waals surface area contributed by atoms with Crippen LogP contribution in [0.3, 0.4) is 0 Å². The molecule has 21 heavy (non-hydrogen) atoms. The fourth-order valence-corrected chi connectivity index (χ4v) is 1.89. The molecule has 1 N–H and O–H groups in total. The molecule has 0 radical (unpaired) electrons. The number of nitrogens with zero attached hydrogens (tertiary/aromatic N) is 1. The first-order valence-corrected chi connectivity index (χ1v) is 6.79. The minimum absolute atomic E-state index is 0.0159. The smallest absolute Gasteiger partial charge is 0.261 e. The average molecular weight is 309 g/mol. The Morgan fingerprint density at radius 1 is 1.52 bits per heavy atom. The summed E-state index contributed by atoms with van der Waals surface area (Å²) in [5.74, 6) is 0.451. The summed E-state index contributed by atoms with van der Waals surface area (Å²) in [5.41, 5.74) is 0.568. The molecule has 0 saturated carbocycles. The maximum absolute atomic E-state index is 11.5. The third-order valence-corrected chi connectivity index (χ3v) is 2.89. The molecule has 0 saturated heterocycles. The highest BCUT2D eigenvalue weighted by Gasteiger charge is 2.13. The van der Waals surface area contributed by atoms with E-state index >= 15 is 0 Å². The molecule has 0 unspecified atom stereocenters. The maximum atomic E-state index is 11.5. The van der Waals surface area contributed by atoms with Crippen LogP contribution in [0.2, 0.25) is 5.02 Å². The number of amides is 1. The van der Waals surface area contributed by atoms with Crippen molar-refractivity contribution in [2.75, 3.05) is 20.8 Å². The predicted octanol–water partition coefficient (Wildman–Crippen LogP) is 2.79. The molecule has 6 heteroatoms. The summed E-state index contributed by atoms with van der Waals surface area (Å²) in [6, 6.07) is 5.13. The van der Waals surface area contributed by atoms with Crippen molar-refractivity contribution in [3.8, 4) is 17.6 Å². The van der Waals surface area contributed by atoms with Gasteiger partial charge in [-0.15, -0.1) is 0 Å². The van der Waals surface area contributed by atoms with Gasteiger partial charge in [-0.25, -0.2) is 0 Å².